The summed E-state index contributed by atoms with van der Waals surface area (Å²) >= 11 is 2.34. The lowest BCUT2D eigenvalue weighted by molar-refractivity contribution is -0.123. The summed E-state index contributed by atoms with van der Waals surface area (Å²) in [6, 6.07) is 14.9. The molecule has 0 fully saturated rings. The lowest BCUT2D eigenvalue weighted by Crippen LogP contribution is -2.33. The van der Waals surface area contributed by atoms with Gasteiger partial charge in [0.25, 0.3) is 11.8 Å². The Labute approximate surface area is 202 Å². The zero-order valence-electron chi connectivity index (χ0n) is 17.6. The third-order valence-corrected chi connectivity index (χ3v) is 6.40. The molecule has 0 unspecified atom stereocenters. The van der Waals surface area contributed by atoms with Gasteiger partial charge in [0.2, 0.25) is 12.7 Å². The molecule has 174 valence electrons. The average Bonchev–Trinajstić information content (AvgIpc) is 3.53. The second kappa shape index (κ2) is 10.9. The molecule has 1 aliphatic rings. The topological polar surface area (TPSA) is 120 Å². The van der Waals surface area contributed by atoms with Crippen LogP contribution in [0.15, 0.2) is 64.9 Å². The minimum atomic E-state index is -0.738. The first-order chi connectivity index (χ1) is 16.5. The monoisotopic (exact) mass is 498 g/mol. The molecule has 0 aliphatic carbocycles. The Kier molecular flexibility index (Phi) is 7.45. The molecule has 0 radical (unpaired) electrons. The predicted molar refractivity (Wildman–Crippen MR) is 125 cm³/mol. The third kappa shape index (κ3) is 5.94. The molecule has 34 heavy (non-hydrogen) atoms. The van der Waals surface area contributed by atoms with E-state index in [2.05, 4.69) is 10.6 Å². The summed E-state index contributed by atoms with van der Waals surface area (Å²) in [6.45, 7) is -0.471. The van der Waals surface area contributed by atoms with Crippen LogP contribution in [0.5, 0.6) is 11.5 Å². The van der Waals surface area contributed by atoms with Crippen molar-refractivity contribution in [1.29, 1.82) is 0 Å². The van der Waals surface area contributed by atoms with Gasteiger partial charge < -0.3 is 19.5 Å². The number of carbonyl (C=O) groups is 4. The molecule has 2 aromatic carbocycles. The van der Waals surface area contributed by atoms with Crippen LogP contribution in [0.3, 0.4) is 0 Å². The van der Waals surface area contributed by atoms with Crippen molar-refractivity contribution < 1.29 is 33.4 Å². The van der Waals surface area contributed by atoms with Crippen molar-refractivity contribution in [3.63, 3.8) is 0 Å². The number of ether oxygens (including phenoxy) is 3. The Balaban J connectivity index is 1.28. The van der Waals surface area contributed by atoms with Gasteiger partial charge in [-0.2, -0.15) is 0 Å². The van der Waals surface area contributed by atoms with Crippen molar-refractivity contribution in [2.24, 2.45) is 0 Å². The van der Waals surface area contributed by atoms with Crippen LogP contribution in [-0.4, -0.2) is 42.8 Å². The van der Waals surface area contributed by atoms with Gasteiger partial charge in [-0.15, -0.1) is 23.1 Å². The van der Waals surface area contributed by atoms with Gasteiger partial charge in [-0.3, -0.25) is 19.7 Å². The van der Waals surface area contributed by atoms with Crippen LogP contribution >= 0.6 is 23.1 Å². The van der Waals surface area contributed by atoms with Crippen LogP contribution < -0.4 is 20.1 Å². The van der Waals surface area contributed by atoms with Crippen LogP contribution in [0, 0.1) is 0 Å². The van der Waals surface area contributed by atoms with Gasteiger partial charge in [0.1, 0.15) is 0 Å². The van der Waals surface area contributed by atoms with Crippen LogP contribution in [0.1, 0.15) is 20.0 Å². The highest BCUT2D eigenvalue weighted by molar-refractivity contribution is 8.00. The van der Waals surface area contributed by atoms with Gasteiger partial charge in [-0.25, -0.2) is 4.79 Å². The maximum absolute atomic E-state index is 12.5. The van der Waals surface area contributed by atoms with Gasteiger partial charge in [0, 0.05) is 16.6 Å². The molecular formula is C23H18N2O7S2. The molecule has 0 spiro atoms. The lowest BCUT2D eigenvalue weighted by atomic mass is 10.2. The van der Waals surface area contributed by atoms with Crippen LogP contribution in [0.4, 0.5) is 5.69 Å². The summed E-state index contributed by atoms with van der Waals surface area (Å²) in [5.74, 6) is -1.10. The second-order valence-corrected chi connectivity index (χ2v) is 8.80. The van der Waals surface area contributed by atoms with E-state index in [1.54, 1.807) is 53.9 Å². The SMILES string of the molecule is O=C(COC(=O)c1ccccc1SCC(=O)Nc1ccc2c(c1)OCO2)NC(=O)c1cccs1. The highest BCUT2D eigenvalue weighted by Gasteiger charge is 2.18. The number of benzene rings is 2. The Morgan fingerprint density at radius 1 is 0.971 bits per heavy atom. The van der Waals surface area contributed by atoms with Gasteiger partial charge >= 0.3 is 5.97 Å². The van der Waals surface area contributed by atoms with E-state index in [1.807, 2.05) is 0 Å². The second-order valence-electron chi connectivity index (χ2n) is 6.83. The number of amides is 3. The van der Waals surface area contributed by atoms with Crippen molar-refractivity contribution in [1.82, 2.24) is 5.32 Å². The number of thiophene rings is 1. The summed E-state index contributed by atoms with van der Waals surface area (Å²) < 4.78 is 15.6. The number of esters is 1. The van der Waals surface area contributed by atoms with Crippen molar-refractivity contribution in [2.75, 3.05) is 24.5 Å². The Morgan fingerprint density at radius 3 is 2.62 bits per heavy atom. The molecular weight excluding hydrogens is 480 g/mol. The van der Waals surface area contributed by atoms with Crippen LogP contribution in [-0.2, 0) is 14.3 Å². The smallest absolute Gasteiger partial charge is 0.339 e. The van der Waals surface area contributed by atoms with Gasteiger partial charge in [0.15, 0.2) is 18.1 Å². The van der Waals surface area contributed by atoms with Crippen molar-refractivity contribution in [2.45, 2.75) is 4.90 Å². The van der Waals surface area contributed by atoms with Crippen LogP contribution in [0.2, 0.25) is 0 Å². The minimum absolute atomic E-state index is 0.0362. The zero-order valence-corrected chi connectivity index (χ0v) is 19.2. The van der Waals surface area contributed by atoms with E-state index in [1.165, 1.54) is 17.4 Å². The number of thioether (sulfide) groups is 1. The normalized spacial score (nSPS) is 11.5. The maximum Gasteiger partial charge on any atom is 0.339 e. The summed E-state index contributed by atoms with van der Waals surface area (Å²) in [7, 11) is 0. The zero-order chi connectivity index (χ0) is 23.9. The van der Waals surface area contributed by atoms with Gasteiger partial charge in [0.05, 0.1) is 16.2 Å². The summed E-state index contributed by atoms with van der Waals surface area (Å²) in [5, 5.41) is 6.64. The standard InChI is InChI=1S/C23H18N2O7S2/c26-20(25-22(28)19-6-3-9-33-19)11-30-23(29)15-4-1-2-5-18(15)34-12-21(27)24-14-7-8-16-17(10-14)32-13-31-16/h1-10H,11-13H2,(H,24,27)(H,25,26,28). The number of imide groups is 1. The number of hydrogen-bond acceptors (Lipinski definition) is 9. The fraction of sp³-hybridized carbons (Fsp3) is 0.130. The van der Waals surface area contributed by atoms with Gasteiger partial charge in [-0.1, -0.05) is 18.2 Å². The van der Waals surface area contributed by atoms with Crippen LogP contribution in [0.25, 0.3) is 0 Å². The van der Waals surface area contributed by atoms with Crippen molar-refractivity contribution >= 4 is 52.5 Å². The van der Waals surface area contributed by atoms with E-state index in [0.717, 1.165) is 11.8 Å². The first-order valence-electron chi connectivity index (χ1n) is 9.96. The number of rotatable bonds is 8. The predicted octanol–water partition coefficient (Wildman–Crippen LogP) is 3.32. The largest absolute Gasteiger partial charge is 0.454 e. The highest BCUT2D eigenvalue weighted by Crippen LogP contribution is 2.34. The molecule has 2 N–H and O–H groups in total. The molecule has 0 saturated heterocycles. The molecule has 9 nitrogen and oxygen atoms in total. The van der Waals surface area contributed by atoms with Crippen molar-refractivity contribution in [3.05, 3.63) is 70.4 Å². The molecule has 0 saturated carbocycles. The minimum Gasteiger partial charge on any atom is -0.454 e. The van der Waals surface area contributed by atoms with E-state index in [-0.39, 0.29) is 24.0 Å². The van der Waals surface area contributed by atoms with E-state index >= 15 is 0 Å². The fourth-order valence-corrected chi connectivity index (χ4v) is 4.38. The van der Waals surface area contributed by atoms with Gasteiger partial charge in [-0.05, 0) is 35.7 Å². The molecule has 0 atom stereocenters. The molecule has 2 heterocycles. The quantitative estimate of drug-likeness (QED) is 0.359. The lowest BCUT2D eigenvalue weighted by Gasteiger charge is -2.10. The van der Waals surface area contributed by atoms with Crippen molar-refractivity contribution in [3.8, 4) is 11.5 Å². The summed E-state index contributed by atoms with van der Waals surface area (Å²) in [4.78, 5) is 49.6. The summed E-state index contributed by atoms with van der Waals surface area (Å²) in [6.07, 6.45) is 0. The van der Waals surface area contributed by atoms with E-state index in [0.29, 0.717) is 27.0 Å². The fourth-order valence-electron chi connectivity index (χ4n) is 2.92. The molecule has 11 heteroatoms. The maximum atomic E-state index is 12.5. The molecule has 1 aliphatic heterocycles. The average molecular weight is 499 g/mol. The summed E-state index contributed by atoms with van der Waals surface area (Å²) in [5.41, 5.74) is 0.770. The number of anilines is 1. The third-order valence-electron chi connectivity index (χ3n) is 4.45. The first kappa shape index (κ1) is 23.3. The highest BCUT2D eigenvalue weighted by atomic mass is 32.2. The number of hydrogen-bond donors (Lipinski definition) is 2. The molecule has 4 rings (SSSR count). The first-order valence-corrected chi connectivity index (χ1v) is 11.8. The van der Waals surface area contributed by atoms with E-state index in [4.69, 9.17) is 14.2 Å². The molecule has 3 amide bonds. The van der Waals surface area contributed by atoms with E-state index in [9.17, 15) is 19.2 Å². The Hall–Kier alpha value is -3.83. The Bertz CT molecular complexity index is 1230. The number of nitrogens with one attached hydrogen (secondary N) is 2. The molecule has 3 aromatic rings. The van der Waals surface area contributed by atoms with E-state index < -0.39 is 24.4 Å². The number of fused-ring (bicyclic) bond motifs is 1. The molecule has 0 bridgehead atoms. The molecule has 1 aromatic heterocycles. The Morgan fingerprint density at radius 2 is 1.79 bits per heavy atom. The number of carbonyl (C=O) groups excluding carboxylic acids is 4.